The van der Waals surface area contributed by atoms with Crippen LogP contribution in [0.25, 0.3) is 0 Å². The van der Waals surface area contributed by atoms with Crippen LogP contribution in [0.2, 0.25) is 0 Å². The molecule has 2 aliphatic rings. The van der Waals surface area contributed by atoms with Crippen molar-refractivity contribution in [2.24, 2.45) is 9.36 Å². The molecule has 1 fully saturated rings. The fourth-order valence-electron chi connectivity index (χ4n) is 4.42. The van der Waals surface area contributed by atoms with Crippen LogP contribution in [0.4, 0.5) is 24.5 Å². The number of alkyl halides is 3. The summed E-state index contributed by atoms with van der Waals surface area (Å²) in [5.41, 5.74) is 2.65. The molecule has 1 saturated heterocycles. The average Bonchev–Trinajstić information content (AvgIpc) is 2.91. The van der Waals surface area contributed by atoms with E-state index in [1.807, 2.05) is 53.4 Å². The Balaban J connectivity index is 1.41. The van der Waals surface area contributed by atoms with Gasteiger partial charge < -0.3 is 24.2 Å². The van der Waals surface area contributed by atoms with Crippen LogP contribution in [0.1, 0.15) is 0 Å². The highest BCUT2D eigenvalue weighted by Crippen LogP contribution is 2.48. The van der Waals surface area contributed by atoms with E-state index in [9.17, 15) is 22.5 Å². The number of hydrogen-bond donors (Lipinski definition) is 1. The van der Waals surface area contributed by atoms with E-state index in [4.69, 9.17) is 9.47 Å². The van der Waals surface area contributed by atoms with Crippen molar-refractivity contribution in [2.45, 2.75) is 29.4 Å². The number of ether oxygens (including phenoxy) is 3. The lowest BCUT2D eigenvalue weighted by molar-refractivity contribution is -0.274. The topological polar surface area (TPSA) is 93.0 Å². The number of aliphatic hydroxyl groups is 1. The van der Waals surface area contributed by atoms with Crippen LogP contribution < -0.4 is 14.4 Å². The smallest absolute Gasteiger partial charge is 0.453 e. The summed E-state index contributed by atoms with van der Waals surface area (Å²) in [4.78, 5) is 6.49. The number of anilines is 2. The lowest BCUT2D eigenvalue weighted by Crippen LogP contribution is -2.54. The molecule has 5 rings (SSSR count). The average molecular weight is 548 g/mol. The van der Waals surface area contributed by atoms with Crippen molar-refractivity contribution in [1.29, 1.82) is 0 Å². The quantitative estimate of drug-likeness (QED) is 0.351. The number of fused-ring (bicyclic) bond motifs is 2. The number of nitrogens with zero attached hydrogens (tertiary/aromatic N) is 3. The number of rotatable bonds is 5. The second-order valence-corrected chi connectivity index (χ2v) is 10.8. The van der Waals surface area contributed by atoms with E-state index in [0.717, 1.165) is 29.1 Å². The fourth-order valence-corrected chi connectivity index (χ4v) is 5.70. The molecule has 0 radical (unpaired) electrons. The first-order valence-electron chi connectivity index (χ1n) is 11.6. The Hall–Kier alpha value is -3.61. The van der Waals surface area contributed by atoms with Crippen molar-refractivity contribution in [1.82, 2.24) is 0 Å². The van der Waals surface area contributed by atoms with E-state index in [1.54, 1.807) is 0 Å². The molecule has 0 amide bonds. The predicted octanol–water partition coefficient (Wildman–Crippen LogP) is 5.14. The van der Waals surface area contributed by atoms with Gasteiger partial charge in [0.2, 0.25) is 0 Å². The van der Waals surface area contributed by atoms with Crippen molar-refractivity contribution in [3.63, 3.8) is 0 Å². The summed E-state index contributed by atoms with van der Waals surface area (Å²) >= 11 is 0. The Morgan fingerprint density at radius 1 is 1.00 bits per heavy atom. The number of aliphatic hydroxyl groups excluding tert-OH is 1. The first-order valence-corrected chi connectivity index (χ1v) is 13.2. The number of aliphatic imine (C=N–C) groups is 1. The minimum absolute atomic E-state index is 0.0827. The molecule has 1 unspecified atom stereocenters. The standard InChI is InChI=1S/C26H24F3N3O5S/c1-30-38(34,18-12-10-17(11-13-18)37-26(27,28)29)16-31-19-14-35-15-22(25(19)33)32-20-6-2-4-8-23(20)36-24-9-5-3-7-21(24)32/h2-13,16,19,22,25,33H,14-15H2,1H3/t19-,22-,25-,38?/m1/s1. The van der Waals surface area contributed by atoms with E-state index < -0.39 is 40.0 Å². The third kappa shape index (κ3) is 5.19. The molecule has 4 atom stereocenters. The van der Waals surface area contributed by atoms with Gasteiger partial charge >= 0.3 is 6.36 Å². The second-order valence-electron chi connectivity index (χ2n) is 8.60. The molecular weight excluding hydrogens is 523 g/mol. The minimum Gasteiger partial charge on any atom is -0.453 e. The van der Waals surface area contributed by atoms with Crippen LogP contribution in [0.15, 0.2) is 87.0 Å². The van der Waals surface area contributed by atoms with Gasteiger partial charge in [-0.1, -0.05) is 24.3 Å². The van der Waals surface area contributed by atoms with Gasteiger partial charge in [0.05, 0.1) is 41.1 Å². The summed E-state index contributed by atoms with van der Waals surface area (Å²) in [6.45, 7) is 0.295. The summed E-state index contributed by atoms with van der Waals surface area (Å²) in [6.07, 6.45) is -5.85. The van der Waals surface area contributed by atoms with Crippen LogP contribution in [0.3, 0.4) is 0 Å². The third-order valence-electron chi connectivity index (χ3n) is 6.23. The van der Waals surface area contributed by atoms with Gasteiger partial charge in [-0.3, -0.25) is 4.99 Å². The molecule has 0 aliphatic carbocycles. The molecule has 0 bridgehead atoms. The van der Waals surface area contributed by atoms with Gasteiger partial charge in [0.1, 0.15) is 27.6 Å². The second kappa shape index (κ2) is 10.3. The Labute approximate surface area is 217 Å². The molecule has 2 aliphatic heterocycles. The highest BCUT2D eigenvalue weighted by molar-refractivity contribution is 8.06. The van der Waals surface area contributed by atoms with Crippen molar-refractivity contribution in [3.05, 3.63) is 72.8 Å². The third-order valence-corrected chi connectivity index (χ3v) is 8.13. The molecule has 1 N–H and O–H groups in total. The zero-order valence-corrected chi connectivity index (χ0v) is 20.9. The Bertz CT molecular complexity index is 1410. The van der Waals surface area contributed by atoms with E-state index >= 15 is 0 Å². The van der Waals surface area contributed by atoms with E-state index in [1.165, 1.54) is 19.2 Å². The molecule has 0 aromatic heterocycles. The summed E-state index contributed by atoms with van der Waals surface area (Å²) in [5.74, 6) is 0.825. The molecule has 38 heavy (non-hydrogen) atoms. The molecule has 0 saturated carbocycles. The van der Waals surface area contributed by atoms with Crippen molar-refractivity contribution >= 4 is 26.7 Å². The van der Waals surface area contributed by atoms with Gasteiger partial charge in [-0.25, -0.2) is 8.57 Å². The summed E-state index contributed by atoms with van der Waals surface area (Å²) < 4.78 is 70.6. The normalized spacial score (nSPS) is 22.7. The van der Waals surface area contributed by atoms with Gasteiger partial charge in [-0.2, -0.15) is 0 Å². The van der Waals surface area contributed by atoms with Gasteiger partial charge in [-0.15, -0.1) is 13.2 Å². The van der Waals surface area contributed by atoms with Crippen LogP contribution >= 0.6 is 0 Å². The van der Waals surface area contributed by atoms with E-state index in [2.05, 4.69) is 14.1 Å². The molecule has 3 aromatic rings. The lowest BCUT2D eigenvalue weighted by Gasteiger charge is -2.43. The summed E-state index contributed by atoms with van der Waals surface area (Å²) in [6, 6.07) is 18.2. The van der Waals surface area contributed by atoms with Crippen LogP contribution in [0.5, 0.6) is 17.2 Å². The maximum Gasteiger partial charge on any atom is 0.573 e. The maximum absolute atomic E-state index is 13.5. The largest absolute Gasteiger partial charge is 0.573 e. The summed E-state index contributed by atoms with van der Waals surface area (Å²) in [7, 11) is -1.91. The predicted molar refractivity (Wildman–Crippen MR) is 136 cm³/mol. The number of benzene rings is 3. The van der Waals surface area contributed by atoms with Gasteiger partial charge in [0.25, 0.3) is 0 Å². The highest BCUT2D eigenvalue weighted by Gasteiger charge is 2.40. The molecule has 8 nitrogen and oxygen atoms in total. The zero-order valence-electron chi connectivity index (χ0n) is 20.1. The highest BCUT2D eigenvalue weighted by atomic mass is 32.2. The van der Waals surface area contributed by atoms with Crippen LogP contribution in [-0.2, 0) is 14.5 Å². The molecule has 3 aromatic carbocycles. The SMILES string of the molecule is CN=S(=O)(C=N[C@@H]1COC[C@@H](N2c3ccccc3Oc3ccccc32)[C@@H]1O)c1ccc(OC(F)(F)F)cc1. The van der Waals surface area contributed by atoms with Gasteiger partial charge in [0, 0.05) is 7.05 Å². The molecular formula is C26H24F3N3O5S. The van der Waals surface area contributed by atoms with Gasteiger partial charge in [0.15, 0.2) is 11.5 Å². The molecule has 2 heterocycles. The Kier molecular flexibility index (Phi) is 7.03. The molecule has 200 valence electrons. The number of halogens is 3. The number of para-hydroxylation sites is 4. The van der Waals surface area contributed by atoms with E-state index in [0.29, 0.717) is 11.5 Å². The lowest BCUT2D eigenvalue weighted by atomic mass is 9.98. The molecule has 12 heteroatoms. The maximum atomic E-state index is 13.5. The monoisotopic (exact) mass is 547 g/mol. The van der Waals surface area contributed by atoms with E-state index in [-0.39, 0.29) is 18.1 Å². The first kappa shape index (κ1) is 26.0. The molecule has 0 spiro atoms. The van der Waals surface area contributed by atoms with Gasteiger partial charge in [-0.05, 0) is 48.5 Å². The van der Waals surface area contributed by atoms with Crippen molar-refractivity contribution < 1.29 is 36.7 Å². The summed E-state index contributed by atoms with van der Waals surface area (Å²) in [5, 5.41) is 11.4. The zero-order chi connectivity index (χ0) is 26.9. The Morgan fingerprint density at radius 2 is 1.61 bits per heavy atom. The van der Waals surface area contributed by atoms with Crippen LogP contribution in [0, 0.1) is 0 Å². The van der Waals surface area contributed by atoms with Crippen molar-refractivity contribution in [2.75, 3.05) is 25.2 Å². The fraction of sp³-hybridized carbons (Fsp3) is 0.269. The Morgan fingerprint density at radius 3 is 2.18 bits per heavy atom. The first-order chi connectivity index (χ1) is 18.2. The van der Waals surface area contributed by atoms with Crippen LogP contribution in [-0.4, -0.2) is 59.7 Å². The van der Waals surface area contributed by atoms with Crippen molar-refractivity contribution in [3.8, 4) is 17.2 Å². The minimum atomic E-state index is -4.84. The number of hydrogen-bond acceptors (Lipinski definition) is 8.